The van der Waals surface area contributed by atoms with Crippen molar-refractivity contribution in [3.63, 3.8) is 0 Å². The van der Waals surface area contributed by atoms with E-state index in [4.69, 9.17) is 0 Å². The van der Waals surface area contributed by atoms with Crippen LogP contribution in [0.25, 0.3) is 0 Å². The van der Waals surface area contributed by atoms with Crippen molar-refractivity contribution in [2.45, 2.75) is 6.42 Å². The summed E-state index contributed by atoms with van der Waals surface area (Å²) in [7, 11) is 0. The fourth-order valence-corrected chi connectivity index (χ4v) is 4.15. The van der Waals surface area contributed by atoms with E-state index in [0.717, 1.165) is 0 Å². The Morgan fingerprint density at radius 2 is 0.771 bits per heavy atom. The van der Waals surface area contributed by atoms with E-state index in [-0.39, 0.29) is 6.42 Å². The van der Waals surface area contributed by atoms with Crippen LogP contribution in [-0.2, 0) is 9.59 Å². The molecule has 4 atom stereocenters. The smallest absolute Gasteiger partial charge is 0.316 e. The standard InChI is InChI=1S/C21H8F10O4/c22-8-10(24)14(28)18(15(29)11(8)25)34-20(32)6-4-1-2-5(3-4)7(6)21(33)35-19-16(30)12(26)9(23)13(27)17(19)31/h1-2,4-7H,3H2. The summed E-state index contributed by atoms with van der Waals surface area (Å²) < 4.78 is 144. The number of ether oxygens (including phenoxy) is 2. The molecule has 2 bridgehead atoms. The van der Waals surface area contributed by atoms with E-state index in [1.807, 2.05) is 0 Å². The van der Waals surface area contributed by atoms with E-state index < -0.39 is 105 Å². The lowest BCUT2D eigenvalue weighted by atomic mass is 9.83. The highest BCUT2D eigenvalue weighted by atomic mass is 19.2. The number of carbonyl (C=O) groups excluding carboxylic acids is 2. The second-order valence-electron chi connectivity index (χ2n) is 7.64. The van der Waals surface area contributed by atoms with Crippen LogP contribution in [0.2, 0.25) is 0 Å². The van der Waals surface area contributed by atoms with Gasteiger partial charge in [0, 0.05) is 0 Å². The average molecular weight is 514 g/mol. The molecule has 4 unspecified atom stereocenters. The Hall–Kier alpha value is -3.58. The molecule has 2 aromatic carbocycles. The molecule has 0 radical (unpaired) electrons. The van der Waals surface area contributed by atoms with Crippen LogP contribution in [0.15, 0.2) is 12.2 Å². The number of halogens is 10. The van der Waals surface area contributed by atoms with Gasteiger partial charge in [0.1, 0.15) is 0 Å². The Labute approximate surface area is 187 Å². The molecule has 4 rings (SSSR count). The first kappa shape index (κ1) is 24.5. The van der Waals surface area contributed by atoms with Gasteiger partial charge in [-0.2, -0.15) is 17.6 Å². The van der Waals surface area contributed by atoms with Crippen LogP contribution in [0.3, 0.4) is 0 Å². The quantitative estimate of drug-likeness (QED) is 0.144. The highest BCUT2D eigenvalue weighted by Gasteiger charge is 2.54. The van der Waals surface area contributed by atoms with E-state index >= 15 is 0 Å². The second-order valence-corrected chi connectivity index (χ2v) is 7.64. The largest absolute Gasteiger partial charge is 0.420 e. The third kappa shape index (κ3) is 3.71. The molecule has 186 valence electrons. The maximum atomic E-state index is 13.9. The molecular weight excluding hydrogens is 506 g/mol. The molecule has 0 saturated heterocycles. The van der Waals surface area contributed by atoms with E-state index in [9.17, 15) is 53.5 Å². The Balaban J connectivity index is 1.65. The molecule has 1 fully saturated rings. The highest BCUT2D eigenvalue weighted by Crippen LogP contribution is 2.49. The zero-order chi connectivity index (χ0) is 25.9. The van der Waals surface area contributed by atoms with Gasteiger partial charge in [0.15, 0.2) is 0 Å². The molecule has 1 saturated carbocycles. The number of carbonyl (C=O) groups is 2. The van der Waals surface area contributed by atoms with Crippen molar-refractivity contribution in [3.05, 3.63) is 70.3 Å². The number of hydrogen-bond acceptors (Lipinski definition) is 4. The molecule has 2 aliphatic carbocycles. The highest BCUT2D eigenvalue weighted by molar-refractivity contribution is 5.86. The summed E-state index contributed by atoms with van der Waals surface area (Å²) in [5.41, 5.74) is 0. The third-order valence-electron chi connectivity index (χ3n) is 5.75. The van der Waals surface area contributed by atoms with Crippen molar-refractivity contribution >= 4 is 11.9 Å². The number of hydrogen-bond donors (Lipinski definition) is 0. The van der Waals surface area contributed by atoms with Crippen molar-refractivity contribution in [2.24, 2.45) is 23.7 Å². The van der Waals surface area contributed by atoms with E-state index in [2.05, 4.69) is 9.47 Å². The minimum Gasteiger partial charge on any atom is -0.420 e. The van der Waals surface area contributed by atoms with Gasteiger partial charge in [-0.05, 0) is 18.3 Å². The zero-order valence-corrected chi connectivity index (χ0v) is 16.6. The van der Waals surface area contributed by atoms with Gasteiger partial charge in [0.2, 0.25) is 69.7 Å². The summed E-state index contributed by atoms with van der Waals surface area (Å²) in [4.78, 5) is 25.2. The lowest BCUT2D eigenvalue weighted by Crippen LogP contribution is -2.38. The van der Waals surface area contributed by atoms with Gasteiger partial charge in [0.05, 0.1) is 11.8 Å². The molecule has 0 amide bonds. The molecule has 0 N–H and O–H groups in total. The van der Waals surface area contributed by atoms with Crippen molar-refractivity contribution in [1.82, 2.24) is 0 Å². The molecule has 0 spiro atoms. The molecule has 4 nitrogen and oxygen atoms in total. The van der Waals surface area contributed by atoms with E-state index in [1.54, 1.807) is 0 Å². The topological polar surface area (TPSA) is 52.6 Å². The second kappa shape index (κ2) is 8.57. The normalized spacial score (nSPS) is 22.6. The monoisotopic (exact) mass is 514 g/mol. The van der Waals surface area contributed by atoms with E-state index in [0.29, 0.717) is 0 Å². The Bertz CT molecular complexity index is 1150. The van der Waals surface area contributed by atoms with Gasteiger partial charge in [0.25, 0.3) is 0 Å². The first-order valence-corrected chi connectivity index (χ1v) is 9.51. The maximum Gasteiger partial charge on any atom is 0.316 e. The number of fused-ring (bicyclic) bond motifs is 2. The van der Waals surface area contributed by atoms with Gasteiger partial charge in [-0.1, -0.05) is 12.2 Å². The lowest BCUT2D eigenvalue weighted by Gasteiger charge is -2.25. The number of allylic oxidation sites excluding steroid dienone is 2. The first-order valence-electron chi connectivity index (χ1n) is 9.51. The third-order valence-corrected chi connectivity index (χ3v) is 5.75. The van der Waals surface area contributed by atoms with Crippen molar-refractivity contribution in [1.29, 1.82) is 0 Å². The van der Waals surface area contributed by atoms with Crippen LogP contribution in [0.1, 0.15) is 6.42 Å². The maximum absolute atomic E-state index is 13.9. The molecule has 35 heavy (non-hydrogen) atoms. The fraction of sp³-hybridized carbons (Fsp3) is 0.238. The van der Waals surface area contributed by atoms with Gasteiger partial charge < -0.3 is 9.47 Å². The van der Waals surface area contributed by atoms with Crippen LogP contribution in [0.5, 0.6) is 11.5 Å². The van der Waals surface area contributed by atoms with Crippen LogP contribution in [0.4, 0.5) is 43.9 Å². The molecule has 0 aliphatic heterocycles. The summed E-state index contributed by atoms with van der Waals surface area (Å²) in [6.45, 7) is 0. The minimum absolute atomic E-state index is 0.00621. The van der Waals surface area contributed by atoms with Gasteiger partial charge in [-0.3, -0.25) is 9.59 Å². The van der Waals surface area contributed by atoms with Crippen LogP contribution in [-0.4, -0.2) is 11.9 Å². The van der Waals surface area contributed by atoms with Crippen LogP contribution in [0, 0.1) is 81.8 Å². The summed E-state index contributed by atoms with van der Waals surface area (Å²) in [6, 6.07) is 0. The average Bonchev–Trinajstić information content (AvgIpc) is 3.46. The molecule has 2 aromatic rings. The molecular formula is C21H8F10O4. The Kier molecular flexibility index (Phi) is 6.01. The summed E-state index contributed by atoms with van der Waals surface area (Å²) in [5, 5.41) is 0. The predicted molar refractivity (Wildman–Crippen MR) is 91.5 cm³/mol. The number of esters is 2. The summed E-state index contributed by atoms with van der Waals surface area (Å²) >= 11 is 0. The SMILES string of the molecule is O=C(Oc1c(F)c(F)c(F)c(F)c1F)C1C2C=CC(C2)C1C(=O)Oc1c(F)c(F)c(F)c(F)c1F. The summed E-state index contributed by atoms with van der Waals surface area (Å²) in [5.74, 6) is -37.1. The zero-order valence-electron chi connectivity index (χ0n) is 16.6. The molecule has 0 aromatic heterocycles. The Morgan fingerprint density at radius 3 is 1.06 bits per heavy atom. The van der Waals surface area contributed by atoms with Crippen molar-refractivity contribution < 1.29 is 63.0 Å². The first-order chi connectivity index (χ1) is 16.4. The van der Waals surface area contributed by atoms with Gasteiger partial charge in [-0.15, -0.1) is 0 Å². The lowest BCUT2D eigenvalue weighted by molar-refractivity contribution is -0.151. The minimum atomic E-state index is -2.52. The fourth-order valence-electron chi connectivity index (χ4n) is 4.15. The molecule has 14 heteroatoms. The van der Waals surface area contributed by atoms with Crippen LogP contribution >= 0.6 is 0 Å². The van der Waals surface area contributed by atoms with E-state index in [1.165, 1.54) is 12.2 Å². The predicted octanol–water partition coefficient (Wildman–Crippen LogP) is 5.03. The number of benzene rings is 2. The van der Waals surface area contributed by atoms with Crippen LogP contribution < -0.4 is 9.47 Å². The van der Waals surface area contributed by atoms with Crippen molar-refractivity contribution in [3.8, 4) is 11.5 Å². The van der Waals surface area contributed by atoms with Gasteiger partial charge in [-0.25, -0.2) is 26.3 Å². The summed E-state index contributed by atoms with van der Waals surface area (Å²) in [6.07, 6.45) is 2.71. The number of rotatable bonds is 4. The molecule has 2 aliphatic rings. The molecule has 0 heterocycles. The van der Waals surface area contributed by atoms with Crippen molar-refractivity contribution in [2.75, 3.05) is 0 Å². The van der Waals surface area contributed by atoms with Gasteiger partial charge >= 0.3 is 11.9 Å². The Morgan fingerprint density at radius 1 is 0.514 bits per heavy atom.